The Balaban J connectivity index is 2.07. The van der Waals surface area contributed by atoms with E-state index in [1.807, 2.05) is 77.9 Å². The highest BCUT2D eigenvalue weighted by molar-refractivity contribution is 7.92. The fourth-order valence-electron chi connectivity index (χ4n) is 4.30. The number of amides is 2. The molecule has 0 aliphatic carbocycles. The maximum Gasteiger partial charge on any atom is 0.264 e. The Kier molecular flexibility index (Phi) is 9.56. The van der Waals surface area contributed by atoms with Crippen LogP contribution in [0, 0.1) is 13.8 Å². The van der Waals surface area contributed by atoms with Gasteiger partial charge < -0.3 is 10.2 Å². The standard InChI is InChI=1S/C31H39N3O4S/c1-7-28(30(36)32-31(4,5)6)33(21-25-14-12-11-13-24(25)3)29(35)22-34(26-19-17-23(2)18-20-26)39(37,38)27-15-9-8-10-16-27/h8-20,28H,7,21-22H2,1-6H3,(H,32,36)/t28-/m0/s1. The lowest BCUT2D eigenvalue weighted by atomic mass is 10.0. The van der Waals surface area contributed by atoms with Gasteiger partial charge >= 0.3 is 0 Å². The Morgan fingerprint density at radius 3 is 2.03 bits per heavy atom. The monoisotopic (exact) mass is 549 g/mol. The predicted molar refractivity (Wildman–Crippen MR) is 156 cm³/mol. The molecular formula is C31H39N3O4S. The van der Waals surface area contributed by atoms with Gasteiger partial charge in [0, 0.05) is 12.1 Å². The molecule has 0 unspecified atom stereocenters. The lowest BCUT2D eigenvalue weighted by Crippen LogP contribution is -2.55. The molecule has 0 bridgehead atoms. The summed E-state index contributed by atoms with van der Waals surface area (Å²) in [7, 11) is -4.07. The molecule has 1 atom stereocenters. The van der Waals surface area contributed by atoms with Crippen LogP contribution in [0.25, 0.3) is 0 Å². The highest BCUT2D eigenvalue weighted by Gasteiger charge is 2.34. The zero-order valence-electron chi connectivity index (χ0n) is 23.6. The molecule has 0 fully saturated rings. The summed E-state index contributed by atoms with van der Waals surface area (Å²) < 4.78 is 28.8. The zero-order valence-corrected chi connectivity index (χ0v) is 24.5. The van der Waals surface area contributed by atoms with Crippen molar-refractivity contribution in [3.05, 3.63) is 95.6 Å². The number of nitrogens with zero attached hydrogens (tertiary/aromatic N) is 2. The maximum atomic E-state index is 14.1. The molecule has 3 aromatic rings. The van der Waals surface area contributed by atoms with Gasteiger partial charge in [0.1, 0.15) is 12.6 Å². The fourth-order valence-corrected chi connectivity index (χ4v) is 5.74. The third-order valence-corrected chi connectivity index (χ3v) is 8.21. The third-order valence-electron chi connectivity index (χ3n) is 6.42. The quantitative estimate of drug-likeness (QED) is 0.376. The van der Waals surface area contributed by atoms with Crippen molar-refractivity contribution >= 4 is 27.5 Å². The van der Waals surface area contributed by atoms with Gasteiger partial charge in [-0.3, -0.25) is 13.9 Å². The number of aryl methyl sites for hydroxylation is 2. The first-order valence-corrected chi connectivity index (χ1v) is 14.6. The molecule has 0 aliphatic rings. The summed E-state index contributed by atoms with van der Waals surface area (Å²) in [6.07, 6.45) is 0.371. The summed E-state index contributed by atoms with van der Waals surface area (Å²) in [6, 6.07) is 22.0. The van der Waals surface area contributed by atoms with Gasteiger partial charge in [0.05, 0.1) is 10.6 Å². The number of carbonyl (C=O) groups excluding carboxylic acids is 2. The number of hydrogen-bond donors (Lipinski definition) is 1. The Bertz CT molecular complexity index is 1380. The van der Waals surface area contributed by atoms with Crippen LogP contribution in [-0.2, 0) is 26.2 Å². The van der Waals surface area contributed by atoms with Crippen LogP contribution in [0.4, 0.5) is 5.69 Å². The molecule has 0 radical (unpaired) electrons. The molecule has 0 saturated carbocycles. The van der Waals surface area contributed by atoms with Crippen molar-refractivity contribution in [1.29, 1.82) is 0 Å². The molecule has 3 aromatic carbocycles. The van der Waals surface area contributed by atoms with Crippen molar-refractivity contribution in [2.24, 2.45) is 0 Å². The minimum Gasteiger partial charge on any atom is -0.350 e. The van der Waals surface area contributed by atoms with Crippen molar-refractivity contribution in [3.8, 4) is 0 Å². The number of rotatable bonds is 10. The Morgan fingerprint density at radius 1 is 0.872 bits per heavy atom. The van der Waals surface area contributed by atoms with Crippen LogP contribution in [0.2, 0.25) is 0 Å². The minimum atomic E-state index is -4.07. The van der Waals surface area contributed by atoms with E-state index >= 15 is 0 Å². The second kappa shape index (κ2) is 12.5. The zero-order chi connectivity index (χ0) is 28.8. The van der Waals surface area contributed by atoms with Crippen molar-refractivity contribution in [2.75, 3.05) is 10.8 Å². The van der Waals surface area contributed by atoms with Gasteiger partial charge in [0.25, 0.3) is 10.0 Å². The van der Waals surface area contributed by atoms with Crippen LogP contribution in [-0.4, -0.2) is 43.3 Å². The molecule has 8 heteroatoms. The molecule has 1 N–H and O–H groups in total. The highest BCUT2D eigenvalue weighted by Crippen LogP contribution is 2.25. The predicted octanol–water partition coefficient (Wildman–Crippen LogP) is 5.22. The topological polar surface area (TPSA) is 86.8 Å². The van der Waals surface area contributed by atoms with Crippen LogP contribution in [0.1, 0.15) is 50.8 Å². The van der Waals surface area contributed by atoms with Crippen molar-refractivity contribution < 1.29 is 18.0 Å². The van der Waals surface area contributed by atoms with Crippen molar-refractivity contribution in [3.63, 3.8) is 0 Å². The van der Waals surface area contributed by atoms with E-state index in [1.54, 1.807) is 30.3 Å². The van der Waals surface area contributed by atoms with Crippen LogP contribution in [0.3, 0.4) is 0 Å². The molecule has 2 amide bonds. The molecule has 208 valence electrons. The average Bonchev–Trinajstić information content (AvgIpc) is 2.88. The van der Waals surface area contributed by atoms with E-state index in [9.17, 15) is 18.0 Å². The van der Waals surface area contributed by atoms with E-state index in [0.29, 0.717) is 12.1 Å². The first-order valence-electron chi connectivity index (χ1n) is 13.1. The molecule has 39 heavy (non-hydrogen) atoms. The number of anilines is 1. The second-order valence-electron chi connectivity index (χ2n) is 10.8. The molecule has 7 nitrogen and oxygen atoms in total. The smallest absolute Gasteiger partial charge is 0.264 e. The van der Waals surface area contributed by atoms with Crippen LogP contribution in [0.15, 0.2) is 83.8 Å². The highest BCUT2D eigenvalue weighted by atomic mass is 32.2. The van der Waals surface area contributed by atoms with Gasteiger partial charge in [-0.05, 0) is 76.4 Å². The molecule has 0 spiro atoms. The van der Waals surface area contributed by atoms with Gasteiger partial charge in [0.2, 0.25) is 11.8 Å². The average molecular weight is 550 g/mol. The summed E-state index contributed by atoms with van der Waals surface area (Å²) in [6.45, 7) is 11.1. The number of hydrogen-bond acceptors (Lipinski definition) is 4. The van der Waals surface area contributed by atoms with Crippen LogP contribution in [0.5, 0.6) is 0 Å². The molecule has 0 aromatic heterocycles. The molecule has 3 rings (SSSR count). The number of sulfonamides is 1. The lowest BCUT2D eigenvalue weighted by molar-refractivity contribution is -0.141. The fraction of sp³-hybridized carbons (Fsp3) is 0.355. The Labute approximate surface area is 232 Å². The maximum absolute atomic E-state index is 14.1. The summed E-state index contributed by atoms with van der Waals surface area (Å²) in [5, 5.41) is 2.99. The Hall–Kier alpha value is -3.65. The van der Waals surface area contributed by atoms with Gasteiger partial charge in [0.15, 0.2) is 0 Å². The van der Waals surface area contributed by atoms with Crippen LogP contribution >= 0.6 is 0 Å². The lowest BCUT2D eigenvalue weighted by Gasteiger charge is -2.35. The van der Waals surface area contributed by atoms with E-state index < -0.39 is 34.1 Å². The molecule has 0 aliphatic heterocycles. The molecular weight excluding hydrogens is 510 g/mol. The van der Waals surface area contributed by atoms with Crippen LogP contribution < -0.4 is 9.62 Å². The molecule has 0 heterocycles. The van der Waals surface area contributed by atoms with E-state index in [-0.39, 0.29) is 17.3 Å². The van der Waals surface area contributed by atoms with Gasteiger partial charge in [-0.15, -0.1) is 0 Å². The third kappa shape index (κ3) is 7.69. The van der Waals surface area contributed by atoms with Crippen molar-refractivity contribution in [1.82, 2.24) is 10.2 Å². The summed E-state index contributed by atoms with van der Waals surface area (Å²) >= 11 is 0. The number of nitrogens with one attached hydrogen (secondary N) is 1. The first kappa shape index (κ1) is 29.9. The first-order chi connectivity index (χ1) is 18.3. The minimum absolute atomic E-state index is 0.0846. The van der Waals surface area contributed by atoms with Gasteiger partial charge in [-0.1, -0.05) is 67.1 Å². The van der Waals surface area contributed by atoms with E-state index in [1.165, 1.54) is 17.0 Å². The summed E-state index contributed by atoms with van der Waals surface area (Å²) in [5.41, 5.74) is 2.72. The van der Waals surface area contributed by atoms with Crippen molar-refractivity contribution in [2.45, 2.75) is 71.0 Å². The number of carbonyl (C=O) groups is 2. The Morgan fingerprint density at radius 2 is 1.46 bits per heavy atom. The van der Waals surface area contributed by atoms with E-state index in [0.717, 1.165) is 21.0 Å². The van der Waals surface area contributed by atoms with E-state index in [4.69, 9.17) is 0 Å². The largest absolute Gasteiger partial charge is 0.350 e. The number of benzene rings is 3. The SMILES string of the molecule is CC[C@@H](C(=O)NC(C)(C)C)N(Cc1ccccc1C)C(=O)CN(c1ccc(C)cc1)S(=O)(=O)c1ccccc1. The second-order valence-corrected chi connectivity index (χ2v) is 12.6. The van der Waals surface area contributed by atoms with Gasteiger partial charge in [-0.25, -0.2) is 8.42 Å². The summed E-state index contributed by atoms with van der Waals surface area (Å²) in [4.78, 5) is 29.1. The van der Waals surface area contributed by atoms with E-state index in [2.05, 4.69) is 5.32 Å². The molecule has 0 saturated heterocycles. The summed E-state index contributed by atoms with van der Waals surface area (Å²) in [5.74, 6) is -0.742. The normalized spacial score (nSPS) is 12.5. The van der Waals surface area contributed by atoms with Gasteiger partial charge in [-0.2, -0.15) is 0 Å².